The zero-order chi connectivity index (χ0) is 67.8. The molecule has 3 aliphatic heterocycles. The summed E-state index contributed by atoms with van der Waals surface area (Å²) >= 11 is 0. The topological polar surface area (TPSA) is 284 Å². The van der Waals surface area contributed by atoms with Crippen LogP contribution in [0.25, 0.3) is 33.1 Å². The first kappa shape index (κ1) is 70.2. The maximum Gasteiger partial charge on any atom is 0.416 e. The Morgan fingerprint density at radius 2 is 0.928 bits per heavy atom. The first-order valence-electron chi connectivity index (χ1n) is 30.9. The summed E-state index contributed by atoms with van der Waals surface area (Å²) in [6.45, 7) is 7.78. The van der Waals surface area contributed by atoms with Crippen molar-refractivity contribution >= 4 is 106 Å². The van der Waals surface area contributed by atoms with Crippen LogP contribution in [-0.2, 0) is 42.0 Å². The number of aromatic amines is 1. The van der Waals surface area contributed by atoms with Crippen LogP contribution < -0.4 is 31.9 Å². The van der Waals surface area contributed by atoms with Gasteiger partial charge in [0.1, 0.15) is 42.1 Å². The molecule has 3 fully saturated rings. The Balaban J connectivity index is 0.000000161. The van der Waals surface area contributed by atoms with Crippen molar-refractivity contribution in [1.29, 1.82) is 0 Å². The molecule has 4 aromatic carbocycles. The number of amides is 2. The van der Waals surface area contributed by atoms with Gasteiger partial charge < -0.3 is 46.7 Å². The number of nitrogens with zero attached hydrogens (tertiary/aromatic N) is 10. The molecule has 3 atom stereocenters. The van der Waals surface area contributed by atoms with E-state index in [-0.39, 0.29) is 70.9 Å². The van der Waals surface area contributed by atoms with E-state index in [0.29, 0.717) is 65.6 Å². The van der Waals surface area contributed by atoms with E-state index in [0.717, 1.165) is 108 Å². The van der Waals surface area contributed by atoms with Crippen LogP contribution in [-0.4, -0.2) is 152 Å². The molecule has 32 heteroatoms. The number of carbonyl (C=O) groups excluding carboxylic acids is 2. The number of piperidine rings is 3. The van der Waals surface area contributed by atoms with Gasteiger partial charge in [0.25, 0.3) is 20.0 Å². The Hall–Kier alpha value is -9.59. The highest BCUT2D eigenvalue weighted by Crippen LogP contribution is 2.33. The fraction of sp³-hybridized carbons (Fsp3) is 0.323. The number of nitrogens with one attached hydrogen (secondary N) is 7. The number of aryl methyl sites for hydroxylation is 2. The van der Waals surface area contributed by atoms with Crippen LogP contribution in [0.2, 0.25) is 0 Å². The van der Waals surface area contributed by atoms with Crippen molar-refractivity contribution < 1.29 is 52.8 Å². The first-order chi connectivity index (χ1) is 46.0. The zero-order valence-electron chi connectivity index (χ0n) is 52.5. The second-order valence-corrected chi connectivity index (χ2v) is 27.1. The Kier molecular flexibility index (Phi) is 21.9. The molecule has 0 spiro atoms. The number of carbonyl (C=O) groups is 2. The van der Waals surface area contributed by atoms with Crippen LogP contribution in [0.4, 0.5) is 55.2 Å². The van der Waals surface area contributed by atoms with Gasteiger partial charge in [0.15, 0.2) is 11.3 Å². The number of anilines is 5. The highest BCUT2D eigenvalue weighted by Gasteiger charge is 2.33. The van der Waals surface area contributed by atoms with E-state index < -0.39 is 43.5 Å². The van der Waals surface area contributed by atoms with Crippen molar-refractivity contribution in [2.45, 2.75) is 92.6 Å². The Morgan fingerprint density at radius 3 is 1.35 bits per heavy atom. The van der Waals surface area contributed by atoms with Gasteiger partial charge in [-0.1, -0.05) is 35.4 Å². The van der Waals surface area contributed by atoms with Crippen molar-refractivity contribution in [3.8, 4) is 0 Å². The number of hydrogen-bond acceptors (Lipinski definition) is 18. The fourth-order valence-electron chi connectivity index (χ4n) is 11.4. The monoisotopic (exact) mass is 1400 g/mol. The molecule has 3 aliphatic rings. The van der Waals surface area contributed by atoms with Crippen LogP contribution in [0.1, 0.15) is 60.8 Å². The third-order valence-corrected chi connectivity index (χ3v) is 19.9. The molecule has 2 amide bonds. The normalized spacial score (nSPS) is 16.8. The van der Waals surface area contributed by atoms with Crippen LogP contribution in [0, 0.1) is 13.8 Å². The predicted molar refractivity (Wildman–Crippen MR) is 360 cm³/mol. The molecule has 0 unspecified atom stereocenters. The molecular weight excluding hydrogens is 1330 g/mol. The molecule has 6 aromatic heterocycles. The minimum atomic E-state index is -4.42. The molecule has 23 nitrogen and oxygen atoms in total. The number of rotatable bonds is 16. The van der Waals surface area contributed by atoms with Gasteiger partial charge in [-0.05, 0) is 150 Å². The van der Waals surface area contributed by atoms with Crippen LogP contribution in [0.15, 0.2) is 163 Å². The number of likely N-dealkylation sites (tertiary alicyclic amines) is 2. The Labute approximate surface area is 560 Å². The molecule has 512 valence electrons. The fourth-order valence-corrected chi connectivity index (χ4v) is 14.0. The van der Waals surface area contributed by atoms with E-state index in [9.17, 15) is 52.8 Å². The highest BCUT2D eigenvalue weighted by atomic mass is 35.5. The van der Waals surface area contributed by atoms with Crippen LogP contribution in [0.3, 0.4) is 0 Å². The van der Waals surface area contributed by atoms with Crippen LogP contribution >= 0.6 is 12.4 Å². The first-order valence-corrected chi connectivity index (χ1v) is 33.8. The molecule has 9 heterocycles. The highest BCUT2D eigenvalue weighted by molar-refractivity contribution is 7.90. The van der Waals surface area contributed by atoms with Gasteiger partial charge in [0.2, 0.25) is 11.8 Å². The quantitative estimate of drug-likeness (QED) is 0.0443. The second kappa shape index (κ2) is 30.2. The van der Waals surface area contributed by atoms with Crippen molar-refractivity contribution in [3.63, 3.8) is 0 Å². The van der Waals surface area contributed by atoms with E-state index >= 15 is 0 Å². The van der Waals surface area contributed by atoms with E-state index in [1.807, 2.05) is 19.9 Å². The lowest BCUT2D eigenvalue weighted by molar-refractivity contribution is -0.138. The molecule has 0 radical (unpaired) electrons. The SMILES string of the molecule is Cc1ccc(S(=O)(=O)n2ccc3c(N[C@H]4CCCN(C(=O)CNc5ccc(C(F)(F)F)cc5)C4)ncnc32)cc1.Cc1ccc(S(=O)(=O)n2ccc3c(N[C@H]4CCCNC4)ncnc32)cc1.Cl.O=C(CNc1ccc(C(F)(F)F)cc1)N1CCC[C@H](Nc2ncnc3[nH]ccc23)C1. The van der Waals surface area contributed by atoms with Gasteiger partial charge in [-0.3, -0.25) is 9.59 Å². The number of fused-ring (bicyclic) bond motifs is 3. The van der Waals surface area contributed by atoms with Crippen molar-refractivity contribution in [2.24, 2.45) is 0 Å². The molecular formula is C65H70ClF6N17O6S2. The summed E-state index contributed by atoms with van der Waals surface area (Å²) in [6, 6.07) is 28.0. The summed E-state index contributed by atoms with van der Waals surface area (Å²) in [5.41, 5.74) is 2.74. The molecule has 7 N–H and O–H groups in total. The minimum absolute atomic E-state index is 0. The number of alkyl halides is 6. The summed E-state index contributed by atoms with van der Waals surface area (Å²) in [6.07, 6.45) is 5.61. The van der Waals surface area contributed by atoms with Crippen molar-refractivity contribution in [1.82, 2.24) is 57.9 Å². The maximum atomic E-state index is 13.2. The third-order valence-electron chi connectivity index (χ3n) is 16.6. The van der Waals surface area contributed by atoms with Crippen molar-refractivity contribution in [2.75, 3.05) is 78.9 Å². The summed E-state index contributed by atoms with van der Waals surface area (Å²) in [4.78, 5) is 57.9. The van der Waals surface area contributed by atoms with Crippen molar-refractivity contribution in [3.05, 3.63) is 175 Å². The van der Waals surface area contributed by atoms with E-state index in [4.69, 9.17) is 0 Å². The van der Waals surface area contributed by atoms with Gasteiger partial charge in [0, 0.05) is 80.8 Å². The van der Waals surface area contributed by atoms with E-state index in [2.05, 4.69) is 66.8 Å². The molecule has 97 heavy (non-hydrogen) atoms. The van der Waals surface area contributed by atoms with E-state index in [1.165, 1.54) is 53.4 Å². The number of benzene rings is 4. The van der Waals surface area contributed by atoms with Gasteiger partial charge in [0.05, 0.1) is 50.2 Å². The molecule has 0 aliphatic carbocycles. The zero-order valence-corrected chi connectivity index (χ0v) is 54.9. The largest absolute Gasteiger partial charge is 0.416 e. The number of hydrogen-bond donors (Lipinski definition) is 7. The lowest BCUT2D eigenvalue weighted by atomic mass is 10.1. The van der Waals surface area contributed by atoms with Gasteiger partial charge in [-0.15, -0.1) is 12.4 Å². The summed E-state index contributed by atoms with van der Waals surface area (Å²) in [5.74, 6) is 1.57. The third kappa shape index (κ3) is 17.0. The lowest BCUT2D eigenvalue weighted by Crippen LogP contribution is -2.47. The smallest absolute Gasteiger partial charge is 0.376 e. The van der Waals surface area contributed by atoms with Crippen LogP contribution in [0.5, 0.6) is 0 Å². The number of H-pyrrole nitrogens is 1. The molecule has 13 rings (SSSR count). The average Bonchev–Trinajstić information content (AvgIpc) is 1.66. The Morgan fingerprint density at radius 1 is 0.515 bits per heavy atom. The number of aromatic nitrogens is 9. The second-order valence-electron chi connectivity index (χ2n) is 23.4. The molecule has 3 saturated heterocycles. The van der Waals surface area contributed by atoms with Gasteiger partial charge in [-0.2, -0.15) is 26.3 Å². The Bertz CT molecular complexity index is 4580. The molecule has 0 saturated carbocycles. The average molecular weight is 1400 g/mol. The lowest BCUT2D eigenvalue weighted by Gasteiger charge is -2.33. The summed E-state index contributed by atoms with van der Waals surface area (Å²) in [5, 5.41) is 21.4. The predicted octanol–water partition coefficient (Wildman–Crippen LogP) is 10.6. The van der Waals surface area contributed by atoms with E-state index in [1.54, 1.807) is 82.9 Å². The van der Waals surface area contributed by atoms with Gasteiger partial charge in [-0.25, -0.2) is 54.7 Å². The number of halogens is 7. The summed E-state index contributed by atoms with van der Waals surface area (Å²) in [7, 11) is -7.57. The van der Waals surface area contributed by atoms with Gasteiger partial charge >= 0.3 is 12.4 Å². The minimum Gasteiger partial charge on any atom is -0.376 e. The standard InChI is InChI=1S/C27H27F3N6O3S.C20H21F3N6O.C18H21N5O2S.ClH/c1-18-4-10-22(11-5-18)40(38,39)36-14-12-23-25(32-17-33-26(23)36)34-21-3-2-13-35(16-21)24(37)15-31-20-8-6-19(7-9-20)27(28,29)30;21-20(22,23)13-3-5-14(6-4-13)25-10-17(30)29-9-1-2-15(11-29)28-19-16-7-8-24-18(16)26-12-27-19;1-13-4-6-15(7-5-13)26(24,25)23-10-8-16-17(20-12-21-18(16)23)22-14-3-2-9-19-11-14;/h4-12,14,17,21,31H,2-3,13,15-16H2,1H3,(H,32,33,34);3-8,12,15,25H,1-2,9-11H2,(H2,24,26,27,28);4-8,10,12,14,19H,2-3,9,11H2,1H3,(H,20,21,22);1H/t21-;15-;14-;/m000./s1. The maximum absolute atomic E-state index is 13.2. The summed E-state index contributed by atoms with van der Waals surface area (Å²) < 4.78 is 131. The molecule has 0 bridgehead atoms. The molecule has 10 aromatic rings.